The van der Waals surface area contributed by atoms with Crippen LogP contribution in [0.2, 0.25) is 0 Å². The summed E-state index contributed by atoms with van der Waals surface area (Å²) in [6, 6.07) is 10.7. The smallest absolute Gasteiger partial charge is 0.428 e. The van der Waals surface area contributed by atoms with Gasteiger partial charge in [-0.15, -0.1) is 0 Å². The minimum atomic E-state index is -1.18. The maximum Gasteiger partial charge on any atom is 0.514 e. The zero-order valence-corrected chi connectivity index (χ0v) is 95.8. The summed E-state index contributed by atoms with van der Waals surface area (Å²) in [7, 11) is 0. The van der Waals surface area contributed by atoms with Crippen molar-refractivity contribution in [3.05, 3.63) is 54.6 Å². The van der Waals surface area contributed by atoms with Gasteiger partial charge in [-0.1, -0.05) is 62.3 Å². The molecule has 41 heteroatoms. The van der Waals surface area contributed by atoms with Gasteiger partial charge in [0.1, 0.15) is 78.9 Å². The fourth-order valence-corrected chi connectivity index (χ4v) is 9.03. The Labute approximate surface area is 876 Å². The number of rotatable bonds is 33. The Kier molecular flexibility index (Phi) is 48.7. The maximum absolute atomic E-state index is 12.8. The average molecular weight is 2120 g/mol. The van der Waals surface area contributed by atoms with Crippen LogP contribution in [0.15, 0.2) is 54.6 Å². The molecule has 149 heavy (non-hydrogen) atoms. The van der Waals surface area contributed by atoms with Crippen LogP contribution >= 0.6 is 0 Å². The molecule has 0 saturated heterocycles. The highest BCUT2D eigenvalue weighted by Crippen LogP contribution is 2.48. The van der Waals surface area contributed by atoms with E-state index in [0.717, 1.165) is 36.4 Å². The molecule has 0 aliphatic heterocycles. The van der Waals surface area contributed by atoms with Crippen LogP contribution in [0.5, 0.6) is 86.2 Å². The molecule has 0 bridgehead atoms. The fraction of sp³-hybridized carbons (Fsp3) is 0.639. The predicted octanol–water partition coefficient (Wildman–Crippen LogP) is 28.5. The zero-order valence-electron chi connectivity index (χ0n) is 95.8. The highest BCUT2D eigenvalue weighted by molar-refractivity contribution is 5.84. The summed E-state index contributed by atoms with van der Waals surface area (Å²) in [5, 5.41) is 0. The van der Waals surface area contributed by atoms with Crippen LogP contribution in [-0.4, -0.2) is 153 Å². The van der Waals surface area contributed by atoms with Crippen LogP contribution in [0.1, 0.15) is 369 Å². The van der Waals surface area contributed by atoms with E-state index in [0.29, 0.717) is 57.8 Å². The Hall–Kier alpha value is -13.3. The average Bonchev–Trinajstić information content (AvgIpc) is 0.802. The van der Waals surface area contributed by atoms with Crippen molar-refractivity contribution in [2.45, 2.75) is 431 Å². The molecule has 4 aromatic rings. The Morgan fingerprint density at radius 1 is 0.161 bits per heavy atom. The van der Waals surface area contributed by atoms with Gasteiger partial charge in [0.15, 0.2) is 57.5 Å². The molecule has 0 unspecified atom stereocenters. The molecule has 840 valence electrons. The number of hydrogen-bond donors (Lipinski definition) is 0. The van der Waals surface area contributed by atoms with Gasteiger partial charge in [-0.2, -0.15) is 0 Å². The van der Waals surface area contributed by atoms with Crippen LogP contribution in [0.25, 0.3) is 0 Å². The van der Waals surface area contributed by atoms with Gasteiger partial charge in [0.2, 0.25) is 11.5 Å². The molecule has 0 aliphatic carbocycles. The minimum absolute atomic E-state index is 0.0808. The Morgan fingerprint density at radius 2 is 0.315 bits per heavy atom. The minimum Gasteiger partial charge on any atom is -0.428 e. The van der Waals surface area contributed by atoms with Crippen molar-refractivity contribution in [1.82, 2.24) is 0 Å². The van der Waals surface area contributed by atoms with Crippen molar-refractivity contribution in [3.8, 4) is 86.2 Å². The third-order valence-electron chi connectivity index (χ3n) is 21.0. The van der Waals surface area contributed by atoms with Crippen LogP contribution in [0.3, 0.4) is 0 Å². The van der Waals surface area contributed by atoms with Gasteiger partial charge >= 0.3 is 91.6 Å². The monoisotopic (exact) mass is 2120 g/mol. The number of esters is 4. The summed E-state index contributed by atoms with van der Waals surface area (Å²) in [5.41, 5.74) is -12.9. The number of hydrogen-bond acceptors (Lipinski definition) is 41. The van der Waals surface area contributed by atoms with Gasteiger partial charge in [-0.25, -0.2) is 52.7 Å². The SMILES string of the molecule is CCC(C)(C)C(=O)Oc1cc(OC(=O)OC(C)(C)C)c(OC(=O)OC(C)(C)C)c(OC(=O)OC(C)(C)C)c1.CCC(C)(C)C(=O)Oc1cc(OC(=O)OC(C)(C)C)c(OC(=O)OC(C)(C)C)cc1OC(=O)OC(C)(C)C.CCC(C)(C)OC(=O)Oc1cc(OC(=O)C(C)(C)CC)cc(OC(=O)OC(C)(C)CC)c1OC(=O)OC(C)(C)CC.CCC(C)(C)OC(=O)Oc1ccc(OC(=O)C(C)(C)CC)cc1OC(=O)OC(C)(C)CC. The van der Waals surface area contributed by atoms with Crippen LogP contribution in [-0.2, 0) is 71.3 Å². The van der Waals surface area contributed by atoms with E-state index in [1.54, 1.807) is 256 Å². The molecule has 0 aromatic heterocycles. The summed E-state index contributed by atoms with van der Waals surface area (Å²) in [5.74, 6) is -6.82. The molecular weight excluding hydrogens is 1950 g/mol. The van der Waals surface area contributed by atoms with Gasteiger partial charge < -0.3 is 123 Å². The second-order valence-electron chi connectivity index (χ2n) is 45.6. The van der Waals surface area contributed by atoms with Crippen molar-refractivity contribution >= 4 is 91.6 Å². The second kappa shape index (κ2) is 54.3. The molecular formula is C108H162O41. The molecule has 0 fully saturated rings. The number of benzene rings is 4. The molecule has 4 rings (SSSR count). The lowest BCUT2D eigenvalue weighted by atomic mass is 9.91. The molecule has 0 atom stereocenters. The van der Waals surface area contributed by atoms with E-state index in [1.807, 2.05) is 55.4 Å². The standard InChI is InChI=1S/C30H46O11.2C27H40O11.C24H36O8/c1-13-27(5,6)23(31)35-19-17-20(36-24(32)39-28(7,8)14-2)22(38-26(34)41-30(11,12)16-4)21(18-19)37-25(33)40-29(9,10)15-3;1-13-27(11,12)20(28)32-16-14-18(34-22(30)37-25(5,6)7)19(35-23(31)38-26(8,9)10)15-17(16)33-21(29)36-24(2,3)4;1-13-27(11,12)20(28)32-16-14-17(33-21(29)36-24(2,3)4)19(35-23(31)38-26(8,9)10)18(15-16)34-22(30)37-25(5,6)7;1-10-22(4,5)19(25)28-16-13-14-17(29-20(26)31-23(6,7)11-2)18(15-16)30-21(27)32-24(8,9)12-3/h17-18H,13-16H2,1-12H3;2*14-15H,13H2,1-12H3;13-15H,10-12H2,1-9H3. The lowest BCUT2D eigenvalue weighted by molar-refractivity contribution is -0.145. The third-order valence-corrected chi connectivity index (χ3v) is 21.0. The first-order valence-electron chi connectivity index (χ1n) is 48.9. The van der Waals surface area contributed by atoms with Crippen LogP contribution in [0.4, 0.5) is 52.7 Å². The number of ether oxygens (including phenoxy) is 26. The van der Waals surface area contributed by atoms with Crippen molar-refractivity contribution < 1.29 is 195 Å². The van der Waals surface area contributed by atoms with Crippen molar-refractivity contribution in [2.24, 2.45) is 21.7 Å². The Balaban J connectivity index is 0.000000997. The largest absolute Gasteiger partial charge is 0.514 e. The van der Waals surface area contributed by atoms with Crippen molar-refractivity contribution in [1.29, 1.82) is 0 Å². The number of carbonyl (C=O) groups excluding carboxylic acids is 15. The van der Waals surface area contributed by atoms with Gasteiger partial charge in [0.25, 0.3) is 0 Å². The Bertz CT molecular complexity index is 5180. The zero-order chi connectivity index (χ0) is 116. The normalized spacial score (nSPS) is 12.2. The summed E-state index contributed by atoms with van der Waals surface area (Å²) < 4.78 is 138. The lowest BCUT2D eigenvalue weighted by Gasteiger charge is -2.25. The van der Waals surface area contributed by atoms with Gasteiger partial charge in [0.05, 0.1) is 21.7 Å². The summed E-state index contributed by atoms with van der Waals surface area (Å²) in [4.78, 5) is 188. The lowest BCUT2D eigenvalue weighted by Crippen LogP contribution is -2.31. The quantitative estimate of drug-likeness (QED) is 0.0185. The summed E-state index contributed by atoms with van der Waals surface area (Å²) in [6.45, 7) is 76.4. The molecule has 0 spiro atoms. The van der Waals surface area contributed by atoms with E-state index in [-0.39, 0.29) is 51.7 Å². The summed E-state index contributed by atoms with van der Waals surface area (Å²) in [6.07, 6.45) is -7.75. The molecule has 4 aromatic carbocycles. The van der Waals surface area contributed by atoms with Crippen LogP contribution < -0.4 is 71.1 Å². The van der Waals surface area contributed by atoms with E-state index in [9.17, 15) is 71.9 Å². The highest BCUT2D eigenvalue weighted by atomic mass is 16.8. The van der Waals surface area contributed by atoms with Crippen molar-refractivity contribution in [3.63, 3.8) is 0 Å². The topological polar surface area (TPSA) is 496 Å². The first kappa shape index (κ1) is 134. The molecule has 0 amide bonds. The molecule has 0 aliphatic rings. The highest BCUT2D eigenvalue weighted by Gasteiger charge is 2.40. The Morgan fingerprint density at radius 3 is 0.517 bits per heavy atom. The second-order valence-corrected chi connectivity index (χ2v) is 45.6. The maximum atomic E-state index is 12.8. The molecule has 0 N–H and O–H groups in total. The van der Waals surface area contributed by atoms with Gasteiger partial charge in [0, 0.05) is 42.5 Å². The van der Waals surface area contributed by atoms with E-state index in [4.69, 9.17) is 123 Å². The first-order valence-corrected chi connectivity index (χ1v) is 48.9. The molecule has 0 radical (unpaired) electrons. The van der Waals surface area contributed by atoms with E-state index < -0.39 is 209 Å². The molecule has 41 nitrogen and oxygen atoms in total. The van der Waals surface area contributed by atoms with Gasteiger partial charge in [-0.3, -0.25) is 19.2 Å². The van der Waals surface area contributed by atoms with Crippen LogP contribution in [0, 0.1) is 21.7 Å². The third kappa shape index (κ3) is 52.0. The predicted molar refractivity (Wildman–Crippen MR) is 543 cm³/mol. The van der Waals surface area contributed by atoms with Crippen molar-refractivity contribution in [2.75, 3.05) is 0 Å². The molecule has 0 saturated carbocycles. The molecule has 0 heterocycles. The van der Waals surface area contributed by atoms with Gasteiger partial charge in [-0.05, 0) is 319 Å². The summed E-state index contributed by atoms with van der Waals surface area (Å²) >= 11 is 0. The van der Waals surface area contributed by atoms with E-state index in [1.165, 1.54) is 18.2 Å². The fourth-order valence-electron chi connectivity index (χ4n) is 9.03. The number of carbonyl (C=O) groups is 15. The van der Waals surface area contributed by atoms with E-state index in [2.05, 4.69) is 0 Å². The first-order chi connectivity index (χ1) is 67.4. The van der Waals surface area contributed by atoms with E-state index >= 15 is 0 Å².